The predicted molar refractivity (Wildman–Crippen MR) is 81.9 cm³/mol. The lowest BCUT2D eigenvalue weighted by molar-refractivity contribution is 0.0930. The number of benzene rings is 1. The van der Waals surface area contributed by atoms with Crippen LogP contribution in [0.3, 0.4) is 0 Å². The molecule has 6 heteroatoms. The van der Waals surface area contributed by atoms with Crippen LogP contribution in [-0.2, 0) is 9.84 Å². The summed E-state index contributed by atoms with van der Waals surface area (Å²) in [6.45, 7) is 0. The van der Waals surface area contributed by atoms with Crippen molar-refractivity contribution in [1.82, 2.24) is 5.32 Å². The number of halogens is 1. The average Bonchev–Trinajstić information content (AvgIpc) is 2.85. The fraction of sp³-hybridized carbons (Fsp3) is 0.500. The van der Waals surface area contributed by atoms with Crippen LogP contribution in [0.5, 0.6) is 0 Å². The standard InChI is InChI=1S/C14H18BrNO3S/c1-20(18,19)12-6-2-4-10(8-12)14(17)16-13-7-3-5-11(13)9-15/h2,4,6,8,11,13H,3,5,7,9H2,1H3,(H,16,17). The Morgan fingerprint density at radius 3 is 2.80 bits per heavy atom. The number of carbonyl (C=O) groups is 1. The van der Waals surface area contributed by atoms with Crippen molar-refractivity contribution in [1.29, 1.82) is 0 Å². The number of alkyl halides is 1. The van der Waals surface area contributed by atoms with Gasteiger partial charge in [-0.15, -0.1) is 0 Å². The van der Waals surface area contributed by atoms with Gasteiger partial charge >= 0.3 is 0 Å². The van der Waals surface area contributed by atoms with Crippen molar-refractivity contribution in [3.63, 3.8) is 0 Å². The van der Waals surface area contributed by atoms with Gasteiger partial charge in [0.15, 0.2) is 9.84 Å². The molecule has 1 aliphatic rings. The second kappa shape index (κ2) is 6.26. The van der Waals surface area contributed by atoms with Gasteiger partial charge in [-0.25, -0.2) is 8.42 Å². The summed E-state index contributed by atoms with van der Waals surface area (Å²) >= 11 is 3.47. The third-order valence-corrected chi connectivity index (χ3v) is 5.64. The molecule has 1 aromatic rings. The number of carbonyl (C=O) groups excluding carboxylic acids is 1. The summed E-state index contributed by atoms with van der Waals surface area (Å²) in [4.78, 5) is 12.4. The highest BCUT2D eigenvalue weighted by molar-refractivity contribution is 9.09. The van der Waals surface area contributed by atoms with Crippen LogP contribution in [0.15, 0.2) is 29.2 Å². The molecule has 0 spiro atoms. The molecule has 0 aliphatic heterocycles. The average molecular weight is 360 g/mol. The fourth-order valence-electron chi connectivity index (χ4n) is 2.53. The zero-order valence-electron chi connectivity index (χ0n) is 11.3. The first-order valence-electron chi connectivity index (χ1n) is 6.59. The van der Waals surface area contributed by atoms with Crippen LogP contribution in [-0.4, -0.2) is 32.0 Å². The molecule has 0 radical (unpaired) electrons. The second-order valence-corrected chi connectivity index (χ2v) is 7.89. The summed E-state index contributed by atoms with van der Waals surface area (Å²) in [5.41, 5.74) is 0.396. The van der Waals surface area contributed by atoms with Gasteiger partial charge in [0.05, 0.1) is 4.90 Å². The van der Waals surface area contributed by atoms with Gasteiger partial charge in [-0.05, 0) is 37.0 Å². The first-order chi connectivity index (χ1) is 9.41. The van der Waals surface area contributed by atoms with Gasteiger partial charge < -0.3 is 5.32 Å². The quantitative estimate of drug-likeness (QED) is 0.839. The Bertz CT molecular complexity index is 600. The van der Waals surface area contributed by atoms with Gasteiger partial charge in [0.1, 0.15) is 0 Å². The lowest BCUT2D eigenvalue weighted by Crippen LogP contribution is -2.37. The number of rotatable bonds is 4. The van der Waals surface area contributed by atoms with Gasteiger partial charge in [-0.1, -0.05) is 28.4 Å². The Kier molecular flexibility index (Phi) is 4.86. The van der Waals surface area contributed by atoms with E-state index in [0.29, 0.717) is 11.5 Å². The third kappa shape index (κ3) is 3.61. The van der Waals surface area contributed by atoms with Crippen molar-refractivity contribution >= 4 is 31.7 Å². The molecule has 0 saturated heterocycles. The Balaban J connectivity index is 2.14. The van der Waals surface area contributed by atoms with Crippen LogP contribution in [0.1, 0.15) is 29.6 Å². The summed E-state index contributed by atoms with van der Waals surface area (Å²) in [6, 6.07) is 6.35. The van der Waals surface area contributed by atoms with E-state index < -0.39 is 9.84 Å². The molecule has 1 aliphatic carbocycles. The Morgan fingerprint density at radius 1 is 1.40 bits per heavy atom. The molecule has 2 unspecified atom stereocenters. The molecule has 0 aromatic heterocycles. The van der Waals surface area contributed by atoms with E-state index in [2.05, 4.69) is 21.2 Å². The van der Waals surface area contributed by atoms with E-state index in [-0.39, 0.29) is 16.8 Å². The Hall–Kier alpha value is -0.880. The number of hydrogen-bond donors (Lipinski definition) is 1. The van der Waals surface area contributed by atoms with Gasteiger partial charge in [-0.3, -0.25) is 4.79 Å². The highest BCUT2D eigenvalue weighted by Gasteiger charge is 2.27. The van der Waals surface area contributed by atoms with E-state index in [4.69, 9.17) is 0 Å². The summed E-state index contributed by atoms with van der Waals surface area (Å²) < 4.78 is 23.0. The zero-order valence-corrected chi connectivity index (χ0v) is 13.7. The zero-order chi connectivity index (χ0) is 14.8. The van der Waals surface area contributed by atoms with Crippen LogP contribution in [0.25, 0.3) is 0 Å². The maximum absolute atomic E-state index is 12.2. The van der Waals surface area contributed by atoms with Crippen molar-refractivity contribution in [2.45, 2.75) is 30.2 Å². The Morgan fingerprint density at radius 2 is 2.15 bits per heavy atom. The second-order valence-electron chi connectivity index (χ2n) is 5.23. The van der Waals surface area contributed by atoms with Crippen molar-refractivity contribution in [2.75, 3.05) is 11.6 Å². The highest BCUT2D eigenvalue weighted by Crippen LogP contribution is 2.27. The predicted octanol–water partition coefficient (Wildman–Crippen LogP) is 2.38. The van der Waals surface area contributed by atoms with Gasteiger partial charge in [0.2, 0.25) is 0 Å². The molecule has 20 heavy (non-hydrogen) atoms. The maximum atomic E-state index is 12.2. The smallest absolute Gasteiger partial charge is 0.251 e. The Labute approximate surface area is 128 Å². The molecule has 1 fully saturated rings. The molecule has 1 saturated carbocycles. The topological polar surface area (TPSA) is 63.2 Å². The lowest BCUT2D eigenvalue weighted by Gasteiger charge is -2.19. The fourth-order valence-corrected chi connectivity index (χ4v) is 3.97. The summed E-state index contributed by atoms with van der Waals surface area (Å²) in [5, 5.41) is 3.89. The largest absolute Gasteiger partial charge is 0.349 e. The molecule has 1 amide bonds. The molecule has 4 nitrogen and oxygen atoms in total. The molecule has 1 aromatic carbocycles. The van der Waals surface area contributed by atoms with E-state index >= 15 is 0 Å². The minimum atomic E-state index is -3.29. The van der Waals surface area contributed by atoms with E-state index in [9.17, 15) is 13.2 Å². The van der Waals surface area contributed by atoms with Crippen molar-refractivity contribution in [3.8, 4) is 0 Å². The van der Waals surface area contributed by atoms with Crippen molar-refractivity contribution in [2.24, 2.45) is 5.92 Å². The molecule has 2 rings (SSSR count). The highest BCUT2D eigenvalue weighted by atomic mass is 79.9. The molecular formula is C14H18BrNO3S. The monoisotopic (exact) mass is 359 g/mol. The van der Waals surface area contributed by atoms with Crippen LogP contribution >= 0.6 is 15.9 Å². The molecule has 0 heterocycles. The molecular weight excluding hydrogens is 342 g/mol. The number of hydrogen-bond acceptors (Lipinski definition) is 3. The number of nitrogens with one attached hydrogen (secondary N) is 1. The van der Waals surface area contributed by atoms with Gasteiger partial charge in [-0.2, -0.15) is 0 Å². The SMILES string of the molecule is CS(=O)(=O)c1cccc(C(=O)NC2CCCC2CBr)c1. The van der Waals surface area contributed by atoms with Gasteiger partial charge in [0.25, 0.3) is 5.91 Å². The summed E-state index contributed by atoms with van der Waals surface area (Å²) in [7, 11) is -3.29. The van der Waals surface area contributed by atoms with E-state index in [0.717, 1.165) is 30.8 Å². The maximum Gasteiger partial charge on any atom is 0.251 e. The summed E-state index contributed by atoms with van der Waals surface area (Å²) in [5.74, 6) is 0.255. The number of amides is 1. The van der Waals surface area contributed by atoms with Crippen LogP contribution < -0.4 is 5.32 Å². The van der Waals surface area contributed by atoms with E-state index in [1.807, 2.05) is 0 Å². The molecule has 0 bridgehead atoms. The van der Waals surface area contributed by atoms with E-state index in [1.54, 1.807) is 12.1 Å². The van der Waals surface area contributed by atoms with Crippen LogP contribution in [0.4, 0.5) is 0 Å². The molecule has 1 N–H and O–H groups in total. The summed E-state index contributed by atoms with van der Waals surface area (Å²) in [6.07, 6.45) is 4.35. The lowest BCUT2D eigenvalue weighted by atomic mass is 10.1. The minimum Gasteiger partial charge on any atom is -0.349 e. The third-order valence-electron chi connectivity index (χ3n) is 3.70. The first-order valence-corrected chi connectivity index (χ1v) is 9.60. The van der Waals surface area contributed by atoms with Crippen LogP contribution in [0.2, 0.25) is 0 Å². The van der Waals surface area contributed by atoms with Crippen molar-refractivity contribution < 1.29 is 13.2 Å². The minimum absolute atomic E-state index is 0.170. The van der Waals surface area contributed by atoms with Crippen LogP contribution in [0, 0.1) is 5.92 Å². The number of sulfone groups is 1. The van der Waals surface area contributed by atoms with E-state index in [1.165, 1.54) is 12.1 Å². The normalized spacial score (nSPS) is 22.7. The van der Waals surface area contributed by atoms with Crippen molar-refractivity contribution in [3.05, 3.63) is 29.8 Å². The molecule has 2 atom stereocenters. The first kappa shape index (κ1) is 15.5. The van der Waals surface area contributed by atoms with Gasteiger partial charge in [0, 0.05) is 23.2 Å². The molecule has 110 valence electrons.